The Kier molecular flexibility index (Phi) is 8.65. The molecule has 0 unspecified atom stereocenters. The minimum Gasteiger partial charge on any atom is -0.493 e. The van der Waals surface area contributed by atoms with Crippen molar-refractivity contribution in [3.8, 4) is 23.6 Å². The maximum Gasteiger partial charge on any atom is 0.266 e. The zero-order valence-corrected chi connectivity index (χ0v) is 22.0. The molecule has 1 heterocycles. The highest BCUT2D eigenvalue weighted by Crippen LogP contribution is 2.39. The quantitative estimate of drug-likeness (QED) is 0.275. The molecule has 0 atom stereocenters. The van der Waals surface area contributed by atoms with E-state index in [0.29, 0.717) is 21.8 Å². The normalized spacial score (nSPS) is 12.5. The predicted molar refractivity (Wildman–Crippen MR) is 146 cm³/mol. The zero-order chi connectivity index (χ0) is 27.1. The van der Waals surface area contributed by atoms with Gasteiger partial charge in [0.15, 0.2) is 18.1 Å². The van der Waals surface area contributed by atoms with E-state index >= 15 is 0 Å². The highest BCUT2D eigenvalue weighted by molar-refractivity contribution is 7.16. The molecule has 0 bridgehead atoms. The molecule has 0 fully saturated rings. The second kappa shape index (κ2) is 12.3. The number of para-hydroxylation sites is 1. The molecule has 0 saturated carbocycles. The van der Waals surface area contributed by atoms with Gasteiger partial charge in [0.05, 0.1) is 17.7 Å². The molecule has 1 aliphatic rings. The summed E-state index contributed by atoms with van der Waals surface area (Å²) in [6, 6.07) is 16.1. The van der Waals surface area contributed by atoms with E-state index in [1.165, 1.54) is 30.6 Å². The monoisotopic (exact) mass is 546 g/mol. The minimum absolute atomic E-state index is 0.138. The number of nitriles is 2. The Balaban J connectivity index is 1.50. The molecule has 0 spiro atoms. The summed E-state index contributed by atoms with van der Waals surface area (Å²) in [5.41, 5.74) is 2.34. The first kappa shape index (κ1) is 26.7. The number of methoxy groups -OCH3 is 1. The van der Waals surface area contributed by atoms with Crippen molar-refractivity contribution in [1.82, 2.24) is 0 Å². The van der Waals surface area contributed by atoms with E-state index in [4.69, 9.17) is 21.1 Å². The first-order valence-electron chi connectivity index (χ1n) is 11.8. The molecule has 3 aromatic rings. The number of rotatable bonds is 8. The summed E-state index contributed by atoms with van der Waals surface area (Å²) in [5.74, 6) is -0.628. The lowest BCUT2D eigenvalue weighted by molar-refractivity contribution is -0.118. The molecule has 2 amide bonds. The highest BCUT2D eigenvalue weighted by atomic mass is 35.5. The van der Waals surface area contributed by atoms with Crippen LogP contribution < -0.4 is 20.1 Å². The van der Waals surface area contributed by atoms with E-state index in [1.54, 1.807) is 30.3 Å². The van der Waals surface area contributed by atoms with E-state index in [9.17, 15) is 20.1 Å². The van der Waals surface area contributed by atoms with Gasteiger partial charge in [-0.2, -0.15) is 10.5 Å². The molecule has 4 rings (SSSR count). The Morgan fingerprint density at radius 2 is 1.89 bits per heavy atom. The van der Waals surface area contributed by atoms with Crippen molar-refractivity contribution in [2.24, 2.45) is 0 Å². The number of fused-ring (bicyclic) bond motifs is 1. The molecule has 10 heteroatoms. The van der Waals surface area contributed by atoms with Gasteiger partial charge >= 0.3 is 0 Å². The number of anilines is 2. The van der Waals surface area contributed by atoms with Crippen molar-refractivity contribution in [3.05, 3.63) is 74.6 Å². The third-order valence-electron chi connectivity index (χ3n) is 5.84. The van der Waals surface area contributed by atoms with Crippen LogP contribution in [0.3, 0.4) is 0 Å². The van der Waals surface area contributed by atoms with Crippen LogP contribution in [0.1, 0.15) is 34.4 Å². The number of carbonyl (C=O) groups is 2. The second-order valence-corrected chi connectivity index (χ2v) is 9.90. The molecule has 1 aromatic heterocycles. The molecule has 0 saturated heterocycles. The molecule has 38 heavy (non-hydrogen) atoms. The van der Waals surface area contributed by atoms with Crippen LogP contribution in [0.4, 0.5) is 10.7 Å². The van der Waals surface area contributed by atoms with Crippen LogP contribution in [-0.4, -0.2) is 25.5 Å². The second-order valence-electron chi connectivity index (χ2n) is 8.39. The van der Waals surface area contributed by atoms with Crippen molar-refractivity contribution >= 4 is 51.5 Å². The van der Waals surface area contributed by atoms with Crippen LogP contribution in [0.2, 0.25) is 5.02 Å². The van der Waals surface area contributed by atoms with Gasteiger partial charge in [-0.3, -0.25) is 9.59 Å². The van der Waals surface area contributed by atoms with Crippen LogP contribution in [-0.2, 0) is 22.4 Å². The van der Waals surface area contributed by atoms with Crippen LogP contribution in [0.25, 0.3) is 6.08 Å². The Labute approximate surface area is 229 Å². The van der Waals surface area contributed by atoms with E-state index < -0.39 is 5.91 Å². The summed E-state index contributed by atoms with van der Waals surface area (Å²) in [4.78, 5) is 26.3. The number of halogens is 1. The van der Waals surface area contributed by atoms with Crippen molar-refractivity contribution in [3.63, 3.8) is 0 Å². The summed E-state index contributed by atoms with van der Waals surface area (Å²) in [6.45, 7) is -0.308. The van der Waals surface area contributed by atoms with Crippen molar-refractivity contribution in [2.45, 2.75) is 25.7 Å². The molecule has 0 radical (unpaired) electrons. The fraction of sp³-hybridized carbons (Fsp3) is 0.214. The molecule has 1 aliphatic carbocycles. The Morgan fingerprint density at radius 1 is 1.13 bits per heavy atom. The van der Waals surface area contributed by atoms with Crippen LogP contribution >= 0.6 is 22.9 Å². The maximum absolute atomic E-state index is 12.9. The lowest BCUT2D eigenvalue weighted by Gasteiger charge is -2.13. The summed E-state index contributed by atoms with van der Waals surface area (Å²) < 4.78 is 11.0. The highest BCUT2D eigenvalue weighted by Gasteiger charge is 2.23. The van der Waals surface area contributed by atoms with E-state index in [2.05, 4.69) is 16.7 Å². The van der Waals surface area contributed by atoms with Gasteiger partial charge in [0, 0.05) is 10.6 Å². The topological polar surface area (TPSA) is 124 Å². The summed E-state index contributed by atoms with van der Waals surface area (Å²) in [7, 11) is 1.41. The first-order chi connectivity index (χ1) is 18.4. The van der Waals surface area contributed by atoms with Gasteiger partial charge < -0.3 is 20.1 Å². The largest absolute Gasteiger partial charge is 0.493 e. The lowest BCUT2D eigenvalue weighted by Crippen LogP contribution is -2.20. The van der Waals surface area contributed by atoms with Gasteiger partial charge in [-0.15, -0.1) is 11.3 Å². The number of thiophene rings is 1. The number of nitrogens with zero attached hydrogens (tertiary/aromatic N) is 2. The van der Waals surface area contributed by atoms with Crippen molar-refractivity contribution < 1.29 is 19.1 Å². The fourth-order valence-electron chi connectivity index (χ4n) is 4.08. The number of ether oxygens (including phenoxy) is 2. The van der Waals surface area contributed by atoms with Crippen LogP contribution in [0.5, 0.6) is 11.5 Å². The number of amides is 2. The Bertz CT molecular complexity index is 1490. The van der Waals surface area contributed by atoms with E-state index in [1.807, 2.05) is 12.1 Å². The molecule has 0 aliphatic heterocycles. The molecule has 192 valence electrons. The smallest absolute Gasteiger partial charge is 0.266 e. The molecular weight excluding hydrogens is 524 g/mol. The van der Waals surface area contributed by atoms with Crippen LogP contribution in [0.15, 0.2) is 48.0 Å². The number of hydrogen-bond donors (Lipinski definition) is 2. The molecule has 2 aromatic carbocycles. The summed E-state index contributed by atoms with van der Waals surface area (Å²) >= 11 is 7.79. The number of nitrogens with one attached hydrogen (secondary N) is 2. The average molecular weight is 547 g/mol. The first-order valence-corrected chi connectivity index (χ1v) is 13.0. The van der Waals surface area contributed by atoms with Crippen LogP contribution in [0, 0.1) is 22.7 Å². The molecular formula is C28H23ClN4O4S. The number of hydrogen-bond acceptors (Lipinski definition) is 7. The third kappa shape index (κ3) is 6.15. The van der Waals surface area contributed by atoms with Gasteiger partial charge in [0.1, 0.15) is 22.7 Å². The maximum atomic E-state index is 12.9. The van der Waals surface area contributed by atoms with E-state index in [0.717, 1.165) is 36.1 Å². The molecule has 2 N–H and O–H groups in total. The van der Waals surface area contributed by atoms with Gasteiger partial charge in [-0.05, 0) is 67.2 Å². The lowest BCUT2D eigenvalue weighted by atomic mass is 9.96. The minimum atomic E-state index is -0.629. The number of aryl methyl sites for hydroxylation is 1. The third-order valence-corrected chi connectivity index (χ3v) is 7.33. The average Bonchev–Trinajstić information content (AvgIpc) is 3.28. The Morgan fingerprint density at radius 3 is 2.61 bits per heavy atom. The van der Waals surface area contributed by atoms with Gasteiger partial charge in [0.2, 0.25) is 0 Å². The fourth-order valence-corrected chi connectivity index (χ4v) is 5.59. The number of carbonyl (C=O) groups excluding carboxylic acids is 2. The van der Waals surface area contributed by atoms with E-state index in [-0.39, 0.29) is 34.6 Å². The van der Waals surface area contributed by atoms with Gasteiger partial charge in [0.25, 0.3) is 11.8 Å². The van der Waals surface area contributed by atoms with Gasteiger partial charge in [-0.1, -0.05) is 29.8 Å². The van der Waals surface area contributed by atoms with Crippen molar-refractivity contribution in [2.75, 3.05) is 24.4 Å². The standard InChI is InChI=1S/C28H23ClN4O4S/c1-36-23-13-17(12-22(29)26(23)37-16-25(34)32-19-7-3-2-4-8-19)11-18(14-30)27(35)33-28-21(15-31)20-9-5-6-10-24(20)38-28/h2-4,7-8,11-13H,5-6,9-10,16H2,1H3,(H,32,34)(H,33,35)/b18-11+. The Hall–Kier alpha value is -4.31. The SMILES string of the molecule is COc1cc(/C=C(\C#N)C(=O)Nc2sc3c(c2C#N)CCCC3)cc(Cl)c1OCC(=O)Nc1ccccc1. The predicted octanol–water partition coefficient (Wildman–Crippen LogP) is 5.72. The zero-order valence-electron chi connectivity index (χ0n) is 20.5. The summed E-state index contributed by atoms with van der Waals surface area (Å²) in [5, 5.41) is 25.3. The van der Waals surface area contributed by atoms with Crippen molar-refractivity contribution in [1.29, 1.82) is 10.5 Å². The number of benzene rings is 2. The molecule has 8 nitrogen and oxygen atoms in total. The van der Waals surface area contributed by atoms with Gasteiger partial charge in [-0.25, -0.2) is 0 Å². The summed E-state index contributed by atoms with van der Waals surface area (Å²) in [6.07, 6.45) is 5.12.